The van der Waals surface area contributed by atoms with Gasteiger partial charge in [0.1, 0.15) is 6.10 Å². The first-order valence-electron chi connectivity index (χ1n) is 3.37. The molecule has 59 valence electrons. The van der Waals surface area contributed by atoms with Crippen LogP contribution in [0.3, 0.4) is 0 Å². The maximum atomic E-state index is 10.5. The Morgan fingerprint density at radius 3 is 2.60 bits per heavy atom. The van der Waals surface area contributed by atoms with Gasteiger partial charge in [0.05, 0.1) is 6.61 Å². The van der Waals surface area contributed by atoms with Gasteiger partial charge in [-0.1, -0.05) is 6.92 Å². The second-order valence-electron chi connectivity index (χ2n) is 1.83. The lowest BCUT2D eigenvalue weighted by molar-refractivity contribution is 0.0388. The molecule has 0 rings (SSSR count). The van der Waals surface area contributed by atoms with E-state index in [1.807, 2.05) is 6.92 Å². The largest absolute Gasteiger partial charge is 0.508 e. The molecule has 0 aliphatic rings. The van der Waals surface area contributed by atoms with Gasteiger partial charge in [-0.15, -0.1) is 0 Å². The molecule has 3 heteroatoms. The number of ether oxygens (including phenoxy) is 2. The third-order valence-corrected chi connectivity index (χ3v) is 0.980. The van der Waals surface area contributed by atoms with E-state index in [0.29, 0.717) is 13.0 Å². The van der Waals surface area contributed by atoms with Crippen LogP contribution in [0.2, 0.25) is 0 Å². The summed E-state index contributed by atoms with van der Waals surface area (Å²) < 4.78 is 9.18. The zero-order valence-corrected chi connectivity index (χ0v) is 6.42. The first kappa shape index (κ1) is 9.27. The number of carbonyl (C=O) groups excluding carboxylic acids is 1. The average Bonchev–Trinajstić information content (AvgIpc) is 1.88. The predicted molar refractivity (Wildman–Crippen MR) is 37.5 cm³/mol. The van der Waals surface area contributed by atoms with E-state index in [9.17, 15) is 4.79 Å². The Morgan fingerprint density at radius 2 is 2.20 bits per heavy atom. The molecule has 0 spiro atoms. The summed E-state index contributed by atoms with van der Waals surface area (Å²) in [6.07, 6.45) is -0.220. The minimum absolute atomic E-state index is 0.293. The average molecular weight is 145 g/mol. The molecular formula is C7H13O3. The van der Waals surface area contributed by atoms with Crippen molar-refractivity contribution in [2.24, 2.45) is 0 Å². The second-order valence-corrected chi connectivity index (χ2v) is 1.83. The van der Waals surface area contributed by atoms with E-state index >= 15 is 0 Å². The van der Waals surface area contributed by atoms with Crippen LogP contribution in [-0.4, -0.2) is 18.9 Å². The number of rotatable bonds is 3. The highest BCUT2D eigenvalue weighted by Crippen LogP contribution is 1.97. The van der Waals surface area contributed by atoms with Crippen molar-refractivity contribution in [3.05, 3.63) is 6.92 Å². The van der Waals surface area contributed by atoms with Gasteiger partial charge in [-0.3, -0.25) is 0 Å². The summed E-state index contributed by atoms with van der Waals surface area (Å²) in [5.74, 6) is 0. The van der Waals surface area contributed by atoms with E-state index in [4.69, 9.17) is 0 Å². The fraction of sp³-hybridized carbons (Fsp3) is 0.714. The molecule has 1 unspecified atom stereocenters. The Kier molecular flexibility index (Phi) is 4.72. The molecule has 0 bridgehead atoms. The van der Waals surface area contributed by atoms with Crippen molar-refractivity contribution < 1.29 is 14.3 Å². The SMILES string of the molecule is [CH2]C(CC)OC(=O)OCC. The van der Waals surface area contributed by atoms with Crippen LogP contribution in [0.15, 0.2) is 0 Å². The minimum Gasteiger partial charge on any atom is -0.435 e. The van der Waals surface area contributed by atoms with Crippen LogP contribution in [0.4, 0.5) is 4.79 Å². The molecule has 0 aliphatic heterocycles. The van der Waals surface area contributed by atoms with Crippen LogP contribution in [0.25, 0.3) is 0 Å². The quantitative estimate of drug-likeness (QED) is 0.568. The third-order valence-electron chi connectivity index (χ3n) is 0.980. The molecule has 0 fully saturated rings. The van der Waals surface area contributed by atoms with Crippen LogP contribution in [-0.2, 0) is 9.47 Å². The van der Waals surface area contributed by atoms with Gasteiger partial charge in [0.25, 0.3) is 0 Å². The normalized spacial score (nSPS) is 12.3. The molecule has 0 amide bonds. The first-order valence-corrected chi connectivity index (χ1v) is 3.37. The van der Waals surface area contributed by atoms with Gasteiger partial charge in [-0.2, -0.15) is 0 Å². The van der Waals surface area contributed by atoms with Gasteiger partial charge in [0.15, 0.2) is 0 Å². The van der Waals surface area contributed by atoms with Crippen molar-refractivity contribution in [3.63, 3.8) is 0 Å². The van der Waals surface area contributed by atoms with Crippen molar-refractivity contribution in [1.29, 1.82) is 0 Å². The molecule has 1 radical (unpaired) electrons. The monoisotopic (exact) mass is 145 g/mol. The summed E-state index contributed by atoms with van der Waals surface area (Å²) in [6.45, 7) is 7.51. The molecule has 0 saturated carbocycles. The zero-order valence-electron chi connectivity index (χ0n) is 6.42. The fourth-order valence-corrected chi connectivity index (χ4v) is 0.371. The van der Waals surface area contributed by atoms with Crippen LogP contribution in [0, 0.1) is 6.92 Å². The van der Waals surface area contributed by atoms with Crippen molar-refractivity contribution >= 4 is 6.16 Å². The Balaban J connectivity index is 3.37. The molecular weight excluding hydrogens is 132 g/mol. The van der Waals surface area contributed by atoms with Gasteiger partial charge in [-0.05, 0) is 20.3 Å². The predicted octanol–water partition coefficient (Wildman–Crippen LogP) is 1.77. The van der Waals surface area contributed by atoms with Gasteiger partial charge >= 0.3 is 6.16 Å². The second kappa shape index (κ2) is 5.09. The van der Waals surface area contributed by atoms with Crippen LogP contribution in [0.5, 0.6) is 0 Å². The summed E-state index contributed by atoms with van der Waals surface area (Å²) in [5, 5.41) is 0. The minimum atomic E-state index is -0.635. The maximum absolute atomic E-state index is 10.5. The molecule has 3 nitrogen and oxygen atoms in total. The lowest BCUT2D eigenvalue weighted by Crippen LogP contribution is -2.15. The van der Waals surface area contributed by atoms with Crippen molar-refractivity contribution in [2.75, 3.05) is 6.61 Å². The number of hydrogen-bond donors (Lipinski definition) is 0. The third kappa shape index (κ3) is 4.18. The molecule has 0 aromatic rings. The fourth-order valence-electron chi connectivity index (χ4n) is 0.371. The summed E-state index contributed by atoms with van der Waals surface area (Å²) in [4.78, 5) is 10.5. The standard InChI is InChI=1S/C7H13O3/c1-4-6(3)10-7(8)9-5-2/h6H,3-5H2,1-2H3. The topological polar surface area (TPSA) is 35.5 Å². The van der Waals surface area contributed by atoms with Crippen molar-refractivity contribution in [2.45, 2.75) is 26.4 Å². The van der Waals surface area contributed by atoms with E-state index < -0.39 is 6.16 Å². The van der Waals surface area contributed by atoms with Gasteiger partial charge < -0.3 is 9.47 Å². The number of hydrogen-bond acceptors (Lipinski definition) is 3. The van der Waals surface area contributed by atoms with Gasteiger partial charge in [0.2, 0.25) is 0 Å². The van der Waals surface area contributed by atoms with E-state index in [2.05, 4.69) is 16.4 Å². The Labute approximate surface area is 61.3 Å². The molecule has 0 aromatic heterocycles. The molecule has 0 aromatic carbocycles. The van der Waals surface area contributed by atoms with Gasteiger partial charge in [-0.25, -0.2) is 4.79 Å². The Morgan fingerprint density at radius 1 is 1.60 bits per heavy atom. The summed E-state index contributed by atoms with van der Waals surface area (Å²) in [7, 11) is 0. The molecule has 0 heterocycles. The zero-order chi connectivity index (χ0) is 7.98. The summed E-state index contributed by atoms with van der Waals surface area (Å²) in [6, 6.07) is 0. The highest BCUT2D eigenvalue weighted by atomic mass is 16.7. The van der Waals surface area contributed by atoms with Crippen LogP contribution < -0.4 is 0 Å². The highest BCUT2D eigenvalue weighted by Gasteiger charge is 2.06. The number of carbonyl (C=O) groups is 1. The Bertz CT molecular complexity index is 101. The molecule has 1 atom stereocenters. The first-order chi connectivity index (χ1) is 4.70. The molecule has 10 heavy (non-hydrogen) atoms. The highest BCUT2D eigenvalue weighted by molar-refractivity contribution is 5.60. The maximum Gasteiger partial charge on any atom is 0.508 e. The van der Waals surface area contributed by atoms with E-state index in [1.165, 1.54) is 0 Å². The van der Waals surface area contributed by atoms with Crippen molar-refractivity contribution in [3.8, 4) is 0 Å². The Hall–Kier alpha value is -0.730. The van der Waals surface area contributed by atoms with Crippen molar-refractivity contribution in [1.82, 2.24) is 0 Å². The van der Waals surface area contributed by atoms with Gasteiger partial charge in [0, 0.05) is 0 Å². The molecule has 0 N–H and O–H groups in total. The van der Waals surface area contributed by atoms with Crippen LogP contribution in [0.1, 0.15) is 20.3 Å². The lowest BCUT2D eigenvalue weighted by atomic mass is 10.3. The van der Waals surface area contributed by atoms with E-state index in [1.54, 1.807) is 6.92 Å². The summed E-state index contributed by atoms with van der Waals surface area (Å²) >= 11 is 0. The van der Waals surface area contributed by atoms with E-state index in [0.717, 1.165) is 0 Å². The molecule has 0 aliphatic carbocycles. The van der Waals surface area contributed by atoms with E-state index in [-0.39, 0.29) is 6.10 Å². The smallest absolute Gasteiger partial charge is 0.435 e. The molecule has 0 saturated heterocycles. The van der Waals surface area contributed by atoms with Crippen LogP contribution >= 0.6 is 0 Å². The lowest BCUT2D eigenvalue weighted by Gasteiger charge is -2.08. The summed E-state index contributed by atoms with van der Waals surface area (Å²) in [5.41, 5.74) is 0.